The minimum absolute atomic E-state index is 1.23. The van der Waals surface area contributed by atoms with Crippen molar-refractivity contribution in [2.24, 2.45) is 5.92 Å². The standard InChI is InChI=1S/C5H9P.C3H8.C2H2/c1-2-5-4(1)3-6-5;1-3-2;1-2/h4-6H,1-3H2;3H2,1-2H3;1-2H. The van der Waals surface area contributed by atoms with Gasteiger partial charge in [-0.05, 0) is 30.6 Å². The quantitative estimate of drug-likeness (QED) is 0.387. The molecule has 0 spiro atoms. The molecule has 2 aliphatic rings. The molecule has 0 nitrogen and oxygen atoms in total. The van der Waals surface area contributed by atoms with Crippen molar-refractivity contribution in [1.82, 2.24) is 0 Å². The minimum atomic E-state index is 1.23. The Hall–Kier alpha value is -0.0100. The maximum atomic E-state index is 4.00. The summed E-state index contributed by atoms with van der Waals surface area (Å²) in [5.41, 5.74) is 1.24. The smallest absolute Gasteiger partial charge is 0.0205 e. The zero-order valence-electron chi connectivity index (χ0n) is 7.64. The van der Waals surface area contributed by atoms with Crippen molar-refractivity contribution in [1.29, 1.82) is 0 Å². The van der Waals surface area contributed by atoms with E-state index in [0.717, 1.165) is 0 Å². The summed E-state index contributed by atoms with van der Waals surface area (Å²) in [6.07, 6.45) is 14.0. The Balaban J connectivity index is 0.000000176. The van der Waals surface area contributed by atoms with Gasteiger partial charge in [0.1, 0.15) is 0 Å². The zero-order chi connectivity index (χ0) is 8.69. The molecule has 1 heteroatoms. The summed E-state index contributed by atoms with van der Waals surface area (Å²) in [6, 6.07) is 0. The lowest BCUT2D eigenvalue weighted by molar-refractivity contribution is 0.332. The molecule has 0 amide bonds. The number of hydrogen-bond acceptors (Lipinski definition) is 0. The lowest BCUT2D eigenvalue weighted by Crippen LogP contribution is -2.37. The van der Waals surface area contributed by atoms with E-state index < -0.39 is 0 Å². The van der Waals surface area contributed by atoms with Crippen molar-refractivity contribution >= 4 is 8.58 Å². The van der Waals surface area contributed by atoms with E-state index in [4.69, 9.17) is 0 Å². The molecule has 0 aromatic carbocycles. The molecule has 1 aliphatic carbocycles. The van der Waals surface area contributed by atoms with Gasteiger partial charge in [0.25, 0.3) is 0 Å². The molecular formula is C10H19P. The van der Waals surface area contributed by atoms with Gasteiger partial charge in [-0.2, -0.15) is 0 Å². The summed E-state index contributed by atoms with van der Waals surface area (Å²) in [5, 5.41) is 0. The number of hydrogen-bond donors (Lipinski definition) is 0. The van der Waals surface area contributed by atoms with Gasteiger partial charge in [0, 0.05) is 0 Å². The molecule has 2 rings (SSSR count). The van der Waals surface area contributed by atoms with Crippen LogP contribution in [0.1, 0.15) is 33.1 Å². The van der Waals surface area contributed by atoms with E-state index in [2.05, 4.69) is 26.7 Å². The van der Waals surface area contributed by atoms with Crippen LogP contribution in [0.15, 0.2) is 0 Å². The Morgan fingerprint density at radius 2 is 1.73 bits per heavy atom. The monoisotopic (exact) mass is 170 g/mol. The van der Waals surface area contributed by atoms with Crippen LogP contribution in [0.2, 0.25) is 0 Å². The fourth-order valence-corrected chi connectivity index (χ4v) is 2.87. The Morgan fingerprint density at radius 1 is 1.27 bits per heavy atom. The fourth-order valence-electron chi connectivity index (χ4n) is 1.22. The van der Waals surface area contributed by atoms with Crippen LogP contribution < -0.4 is 0 Å². The predicted molar refractivity (Wildman–Crippen MR) is 55.5 cm³/mol. The summed E-state index contributed by atoms with van der Waals surface area (Å²) < 4.78 is 0. The molecule has 3 unspecified atom stereocenters. The summed E-state index contributed by atoms with van der Waals surface area (Å²) in [5.74, 6) is 1.23. The van der Waals surface area contributed by atoms with Crippen LogP contribution in [0.3, 0.4) is 0 Å². The van der Waals surface area contributed by atoms with E-state index in [1.165, 1.54) is 26.6 Å². The lowest BCUT2D eigenvalue weighted by atomic mass is 9.85. The summed E-state index contributed by atoms with van der Waals surface area (Å²) in [4.78, 5) is 0. The maximum absolute atomic E-state index is 4.00. The summed E-state index contributed by atoms with van der Waals surface area (Å²) in [6.45, 7) is 4.25. The second-order valence-electron chi connectivity index (χ2n) is 3.06. The minimum Gasteiger partial charge on any atom is -0.124 e. The molecule has 0 aromatic heterocycles. The highest BCUT2D eigenvalue weighted by Gasteiger charge is 2.37. The van der Waals surface area contributed by atoms with Gasteiger partial charge >= 0.3 is 0 Å². The lowest BCUT2D eigenvalue weighted by Gasteiger charge is -2.46. The van der Waals surface area contributed by atoms with E-state index in [1.54, 1.807) is 19.0 Å². The second kappa shape index (κ2) is 6.68. The van der Waals surface area contributed by atoms with Crippen LogP contribution in [-0.4, -0.2) is 11.8 Å². The highest BCUT2D eigenvalue weighted by molar-refractivity contribution is 7.41. The molecule has 0 bridgehead atoms. The largest absolute Gasteiger partial charge is 0.124 e. The molecule has 0 radical (unpaired) electrons. The topological polar surface area (TPSA) is 0 Å². The Labute approximate surface area is 72.9 Å². The SMILES string of the molecule is C#C.C1CC2PCC12.CCC. The van der Waals surface area contributed by atoms with Crippen molar-refractivity contribution in [2.45, 2.75) is 38.8 Å². The van der Waals surface area contributed by atoms with Gasteiger partial charge < -0.3 is 0 Å². The van der Waals surface area contributed by atoms with E-state index in [-0.39, 0.29) is 0 Å². The normalized spacial score (nSPS) is 32.4. The van der Waals surface area contributed by atoms with Crippen molar-refractivity contribution in [3.8, 4) is 12.8 Å². The van der Waals surface area contributed by atoms with Gasteiger partial charge in [-0.25, -0.2) is 0 Å². The van der Waals surface area contributed by atoms with Crippen LogP contribution in [0.4, 0.5) is 0 Å². The first-order valence-electron chi connectivity index (χ1n) is 4.45. The van der Waals surface area contributed by atoms with Crippen molar-refractivity contribution in [2.75, 3.05) is 6.16 Å². The van der Waals surface area contributed by atoms with E-state index in [0.29, 0.717) is 0 Å². The van der Waals surface area contributed by atoms with Crippen molar-refractivity contribution in [3.63, 3.8) is 0 Å². The number of fused-ring (bicyclic) bond motifs is 1. The van der Waals surface area contributed by atoms with Gasteiger partial charge in [-0.1, -0.05) is 20.3 Å². The zero-order valence-corrected chi connectivity index (χ0v) is 8.64. The predicted octanol–water partition coefficient (Wildman–Crippen LogP) is 3.12. The van der Waals surface area contributed by atoms with Crippen LogP contribution in [0.25, 0.3) is 0 Å². The average Bonchev–Trinajstić information content (AvgIpc) is 2.02. The van der Waals surface area contributed by atoms with Gasteiger partial charge in [0.15, 0.2) is 0 Å². The average molecular weight is 170 g/mol. The van der Waals surface area contributed by atoms with Gasteiger partial charge in [-0.3, -0.25) is 0 Å². The highest BCUT2D eigenvalue weighted by atomic mass is 31.1. The van der Waals surface area contributed by atoms with Crippen molar-refractivity contribution in [3.05, 3.63) is 0 Å². The second-order valence-corrected chi connectivity index (χ2v) is 4.62. The third kappa shape index (κ3) is 3.26. The first-order chi connectivity index (χ1) is 5.38. The molecular weight excluding hydrogens is 151 g/mol. The Kier molecular flexibility index (Phi) is 6.68. The number of rotatable bonds is 0. The third-order valence-corrected chi connectivity index (χ3v) is 4.10. The third-order valence-electron chi connectivity index (χ3n) is 2.06. The van der Waals surface area contributed by atoms with Crippen LogP contribution in [-0.2, 0) is 0 Å². The first-order valence-corrected chi connectivity index (χ1v) is 5.73. The van der Waals surface area contributed by atoms with E-state index in [9.17, 15) is 0 Å². The molecule has 64 valence electrons. The molecule has 0 N–H and O–H groups in total. The van der Waals surface area contributed by atoms with Gasteiger partial charge in [-0.15, -0.1) is 21.4 Å². The summed E-state index contributed by atoms with van der Waals surface area (Å²) in [7, 11) is 1.36. The molecule has 1 saturated heterocycles. The maximum Gasteiger partial charge on any atom is -0.0205 e. The van der Waals surface area contributed by atoms with Crippen LogP contribution in [0.5, 0.6) is 0 Å². The Morgan fingerprint density at radius 3 is 1.73 bits per heavy atom. The highest BCUT2D eigenvalue weighted by Crippen LogP contribution is 2.53. The van der Waals surface area contributed by atoms with Crippen LogP contribution in [0, 0.1) is 18.8 Å². The Bertz CT molecular complexity index is 88.7. The van der Waals surface area contributed by atoms with Crippen molar-refractivity contribution < 1.29 is 0 Å². The van der Waals surface area contributed by atoms with Crippen LogP contribution >= 0.6 is 8.58 Å². The van der Waals surface area contributed by atoms with E-state index >= 15 is 0 Å². The summed E-state index contributed by atoms with van der Waals surface area (Å²) >= 11 is 0. The molecule has 11 heavy (non-hydrogen) atoms. The molecule has 0 aromatic rings. The van der Waals surface area contributed by atoms with Gasteiger partial charge in [0.2, 0.25) is 0 Å². The molecule has 1 heterocycles. The van der Waals surface area contributed by atoms with E-state index in [1.807, 2.05) is 0 Å². The molecule has 1 aliphatic heterocycles. The molecule has 3 atom stereocenters. The molecule has 1 saturated carbocycles. The first kappa shape index (κ1) is 11.0. The molecule has 2 fully saturated rings. The van der Waals surface area contributed by atoms with Gasteiger partial charge in [0.05, 0.1) is 0 Å². The fraction of sp³-hybridized carbons (Fsp3) is 0.800. The number of terminal acetylenes is 1.